The smallest absolute Gasteiger partial charge is 0.169 e. The second-order valence-corrected chi connectivity index (χ2v) is 6.22. The number of benzene rings is 1. The van der Waals surface area contributed by atoms with Crippen molar-refractivity contribution in [2.45, 2.75) is 13.0 Å². The molecule has 0 unspecified atom stereocenters. The third-order valence-electron chi connectivity index (χ3n) is 3.91. The van der Waals surface area contributed by atoms with Crippen LogP contribution in [0, 0.1) is 0 Å². The molecule has 0 atom stereocenters. The lowest BCUT2D eigenvalue weighted by Crippen LogP contribution is -3.06. The minimum absolute atomic E-state index is 0.776. The summed E-state index contributed by atoms with van der Waals surface area (Å²) in [6.07, 6.45) is 0.969. The second-order valence-electron chi connectivity index (χ2n) is 5.84. The molecule has 0 amide bonds. The Bertz CT molecular complexity index is 534. The summed E-state index contributed by atoms with van der Waals surface area (Å²) in [6.45, 7) is 3.70. The zero-order valence-corrected chi connectivity index (χ0v) is 14.7. The summed E-state index contributed by atoms with van der Waals surface area (Å²) >= 11 is 5.51. The van der Waals surface area contributed by atoms with Gasteiger partial charge in [-0.15, -0.1) is 0 Å². The number of thiocarbonyl (C=S) groups is 1. The molecule has 1 aromatic rings. The van der Waals surface area contributed by atoms with Crippen LogP contribution in [0.3, 0.4) is 0 Å². The van der Waals surface area contributed by atoms with E-state index in [-0.39, 0.29) is 0 Å². The standard InChI is InChI=1S/C16H25N3O2S/c1-18(2)8-6-17-16(22)19-7-5-12-9-14(20-3)15(21-4)10-13(12)11-19/h9-10H,5-8,11H2,1-4H3,(H,17,22)/p+1. The summed E-state index contributed by atoms with van der Waals surface area (Å²) in [5.41, 5.74) is 2.57. The number of nitrogens with one attached hydrogen (secondary N) is 2. The van der Waals surface area contributed by atoms with Gasteiger partial charge >= 0.3 is 0 Å². The topological polar surface area (TPSA) is 38.2 Å². The van der Waals surface area contributed by atoms with E-state index in [1.165, 1.54) is 16.0 Å². The maximum Gasteiger partial charge on any atom is 0.169 e. The molecule has 1 aliphatic heterocycles. The molecule has 0 aliphatic carbocycles. The second kappa shape index (κ2) is 7.65. The summed E-state index contributed by atoms with van der Waals surface area (Å²) in [5, 5.41) is 4.18. The molecule has 0 aromatic heterocycles. The lowest BCUT2D eigenvalue weighted by atomic mass is 9.99. The molecule has 122 valence electrons. The Morgan fingerprint density at radius 2 is 1.86 bits per heavy atom. The lowest BCUT2D eigenvalue weighted by Gasteiger charge is -2.31. The van der Waals surface area contributed by atoms with Gasteiger partial charge in [-0.2, -0.15) is 0 Å². The van der Waals surface area contributed by atoms with Crippen molar-refractivity contribution in [3.8, 4) is 11.5 Å². The predicted octanol–water partition coefficient (Wildman–Crippen LogP) is 0.0809. The molecule has 0 fully saturated rings. The maximum atomic E-state index is 5.51. The van der Waals surface area contributed by atoms with Gasteiger partial charge in [0.1, 0.15) is 0 Å². The fraction of sp³-hybridized carbons (Fsp3) is 0.562. The zero-order valence-electron chi connectivity index (χ0n) is 13.9. The average molecular weight is 324 g/mol. The minimum Gasteiger partial charge on any atom is -0.493 e. The van der Waals surface area contributed by atoms with Gasteiger partial charge < -0.3 is 24.6 Å². The van der Waals surface area contributed by atoms with E-state index in [4.69, 9.17) is 21.7 Å². The summed E-state index contributed by atoms with van der Waals surface area (Å²) in [7, 11) is 7.62. The van der Waals surface area contributed by atoms with Crippen LogP contribution in [0.15, 0.2) is 12.1 Å². The monoisotopic (exact) mass is 324 g/mol. The van der Waals surface area contributed by atoms with Crippen molar-refractivity contribution in [2.75, 3.05) is 47.9 Å². The number of hydrogen-bond donors (Lipinski definition) is 2. The Balaban J connectivity index is 2.03. The molecule has 1 heterocycles. The third kappa shape index (κ3) is 4.01. The normalized spacial score (nSPS) is 13.8. The first-order valence-electron chi connectivity index (χ1n) is 7.60. The van der Waals surface area contributed by atoms with Crippen LogP contribution in [0.2, 0.25) is 0 Å². The van der Waals surface area contributed by atoms with Gasteiger partial charge in [-0.05, 0) is 41.9 Å². The SMILES string of the molecule is COc1cc2c(cc1OC)CN(C(=S)NCC[NH+](C)C)CC2. The van der Waals surface area contributed by atoms with Gasteiger partial charge in [0.05, 0.1) is 41.4 Å². The van der Waals surface area contributed by atoms with Gasteiger partial charge in [0.25, 0.3) is 0 Å². The predicted molar refractivity (Wildman–Crippen MR) is 91.9 cm³/mol. The summed E-state index contributed by atoms with van der Waals surface area (Å²) in [5.74, 6) is 1.57. The molecule has 1 aromatic carbocycles. The molecule has 0 spiro atoms. The van der Waals surface area contributed by atoms with Crippen LogP contribution >= 0.6 is 12.2 Å². The first kappa shape index (κ1) is 16.8. The Hall–Kier alpha value is -1.53. The molecule has 1 aliphatic rings. The van der Waals surface area contributed by atoms with Crippen LogP contribution in [0.5, 0.6) is 11.5 Å². The van der Waals surface area contributed by atoms with E-state index in [2.05, 4.69) is 36.4 Å². The molecule has 0 bridgehead atoms. The summed E-state index contributed by atoms with van der Waals surface area (Å²) in [6, 6.07) is 4.14. The van der Waals surface area contributed by atoms with E-state index in [0.717, 1.165) is 49.2 Å². The quantitative estimate of drug-likeness (QED) is 0.751. The Morgan fingerprint density at radius 1 is 1.23 bits per heavy atom. The summed E-state index contributed by atoms with van der Waals surface area (Å²) in [4.78, 5) is 3.63. The average Bonchev–Trinajstić information content (AvgIpc) is 2.52. The highest BCUT2D eigenvalue weighted by Crippen LogP contribution is 2.33. The van der Waals surface area contributed by atoms with Crippen molar-refractivity contribution in [1.29, 1.82) is 0 Å². The Morgan fingerprint density at radius 3 is 2.45 bits per heavy atom. The zero-order chi connectivity index (χ0) is 16.1. The van der Waals surface area contributed by atoms with Crippen LogP contribution in [-0.2, 0) is 13.0 Å². The van der Waals surface area contributed by atoms with Crippen molar-refractivity contribution < 1.29 is 14.4 Å². The van der Waals surface area contributed by atoms with E-state index in [1.807, 2.05) is 0 Å². The van der Waals surface area contributed by atoms with Crippen molar-refractivity contribution in [2.24, 2.45) is 0 Å². The van der Waals surface area contributed by atoms with Crippen LogP contribution < -0.4 is 19.7 Å². The van der Waals surface area contributed by atoms with E-state index in [1.54, 1.807) is 14.2 Å². The molecule has 6 heteroatoms. The van der Waals surface area contributed by atoms with Crippen molar-refractivity contribution in [3.63, 3.8) is 0 Å². The van der Waals surface area contributed by atoms with Crippen LogP contribution in [0.25, 0.3) is 0 Å². The molecule has 0 saturated heterocycles. The van der Waals surface area contributed by atoms with Crippen molar-refractivity contribution >= 4 is 17.3 Å². The fourth-order valence-electron chi connectivity index (χ4n) is 2.59. The number of fused-ring (bicyclic) bond motifs is 1. The van der Waals surface area contributed by atoms with Gasteiger partial charge in [0, 0.05) is 13.1 Å². The number of rotatable bonds is 5. The van der Waals surface area contributed by atoms with Crippen molar-refractivity contribution in [3.05, 3.63) is 23.3 Å². The highest BCUT2D eigenvalue weighted by atomic mass is 32.1. The van der Waals surface area contributed by atoms with E-state index in [0.29, 0.717) is 0 Å². The van der Waals surface area contributed by atoms with Crippen LogP contribution in [0.4, 0.5) is 0 Å². The van der Waals surface area contributed by atoms with Gasteiger partial charge in [-0.25, -0.2) is 0 Å². The highest BCUT2D eigenvalue weighted by Gasteiger charge is 2.21. The number of nitrogens with zero attached hydrogens (tertiary/aromatic N) is 1. The van der Waals surface area contributed by atoms with Gasteiger partial charge in [-0.1, -0.05) is 0 Å². The minimum atomic E-state index is 0.776. The molecule has 5 nitrogen and oxygen atoms in total. The van der Waals surface area contributed by atoms with Crippen LogP contribution in [-0.4, -0.2) is 58.0 Å². The van der Waals surface area contributed by atoms with E-state index < -0.39 is 0 Å². The number of ether oxygens (including phenoxy) is 2. The molecular weight excluding hydrogens is 298 g/mol. The molecule has 0 radical (unpaired) electrons. The lowest BCUT2D eigenvalue weighted by molar-refractivity contribution is -0.856. The van der Waals surface area contributed by atoms with E-state index >= 15 is 0 Å². The molecule has 2 rings (SSSR count). The van der Waals surface area contributed by atoms with Gasteiger partial charge in [0.15, 0.2) is 16.6 Å². The Kier molecular flexibility index (Phi) is 5.85. The van der Waals surface area contributed by atoms with Gasteiger partial charge in [0.2, 0.25) is 0 Å². The molecule has 22 heavy (non-hydrogen) atoms. The number of hydrogen-bond acceptors (Lipinski definition) is 3. The molecular formula is C16H26N3O2S+. The number of quaternary nitrogens is 1. The largest absolute Gasteiger partial charge is 0.493 e. The highest BCUT2D eigenvalue weighted by molar-refractivity contribution is 7.80. The first-order chi connectivity index (χ1) is 10.5. The summed E-state index contributed by atoms with van der Waals surface area (Å²) < 4.78 is 10.8. The van der Waals surface area contributed by atoms with Gasteiger partial charge in [-0.3, -0.25) is 0 Å². The van der Waals surface area contributed by atoms with Crippen LogP contribution in [0.1, 0.15) is 11.1 Å². The fourth-order valence-corrected chi connectivity index (χ4v) is 2.85. The number of likely N-dealkylation sites (N-methyl/N-ethyl adjacent to an activating group) is 1. The van der Waals surface area contributed by atoms with E-state index in [9.17, 15) is 0 Å². The van der Waals surface area contributed by atoms with Crippen molar-refractivity contribution in [1.82, 2.24) is 10.2 Å². The first-order valence-corrected chi connectivity index (χ1v) is 8.01. The third-order valence-corrected chi connectivity index (χ3v) is 4.31. The maximum absolute atomic E-state index is 5.51. The molecule has 0 saturated carbocycles. The Labute approximate surface area is 138 Å². The molecule has 2 N–H and O–H groups in total. The number of methoxy groups -OCH3 is 2.